The van der Waals surface area contributed by atoms with Gasteiger partial charge in [0.15, 0.2) is 28.2 Å². The molecule has 0 radical (unpaired) electrons. The second kappa shape index (κ2) is 25.3. The smallest absolute Gasteiger partial charge is 0.276 e. The molecule has 420 valence electrons. The van der Waals surface area contributed by atoms with E-state index >= 15 is 0 Å². The quantitative estimate of drug-likeness (QED) is 0.0257. The van der Waals surface area contributed by atoms with Crippen molar-refractivity contribution in [2.75, 3.05) is 99.8 Å². The van der Waals surface area contributed by atoms with Crippen LogP contribution in [0.5, 0.6) is 23.0 Å². The largest absolute Gasteiger partial charge is 0.493 e. The molecule has 0 bridgehead atoms. The van der Waals surface area contributed by atoms with Crippen molar-refractivity contribution >= 4 is 84.1 Å². The molecular weight excluding hydrogens is 1070 g/mol. The molecule has 19 nitrogen and oxygen atoms in total. The van der Waals surface area contributed by atoms with Gasteiger partial charge in [-0.2, -0.15) is 8.42 Å². The van der Waals surface area contributed by atoms with Crippen LogP contribution >= 0.6 is 21.6 Å². The molecule has 4 aliphatic rings. The van der Waals surface area contributed by atoms with Crippen LogP contribution in [-0.4, -0.2) is 139 Å². The Labute approximate surface area is 468 Å². The van der Waals surface area contributed by atoms with Crippen molar-refractivity contribution in [1.82, 2.24) is 0 Å². The summed E-state index contributed by atoms with van der Waals surface area (Å²) in [5.41, 5.74) is 13.6. The molecule has 5 aromatic carbocycles. The molecule has 0 saturated heterocycles. The van der Waals surface area contributed by atoms with E-state index in [9.17, 15) is 27.4 Å². The molecule has 4 N–H and O–H groups in total. The molecule has 0 aromatic heterocycles. The SMILES string of the molecule is COCCOCCOCCN(CC(C)(C)SSCCC(C(N)=O)S(=O)(=O)O)c1cc(COc2cc3c(cc2OC)C(=O)N2c4ccccc4C[C@H]2C=N3)cc(COc2cc3c(cc2OC)C(=O)N2c4ccccc4C[C@H]2CN3)c1. The number of primary amides is 1. The van der Waals surface area contributed by atoms with Gasteiger partial charge < -0.3 is 54.0 Å². The topological polar surface area (TPSA) is 230 Å². The number of nitrogens with two attached hydrogens (primary N) is 1. The number of ether oxygens (including phenoxy) is 7. The van der Waals surface area contributed by atoms with Gasteiger partial charge >= 0.3 is 0 Å². The highest BCUT2D eigenvalue weighted by Crippen LogP contribution is 2.44. The number of benzene rings is 5. The highest BCUT2D eigenvalue weighted by atomic mass is 33.1. The second-order valence-corrected chi connectivity index (χ2v) is 24.8. The van der Waals surface area contributed by atoms with E-state index in [0.29, 0.717) is 105 Å². The Balaban J connectivity index is 1.01. The molecule has 3 atom stereocenters. The lowest BCUT2D eigenvalue weighted by molar-refractivity contribution is -0.117. The Kier molecular flexibility index (Phi) is 18.3. The van der Waals surface area contributed by atoms with Crippen LogP contribution in [-0.2, 0) is 55.2 Å². The zero-order chi connectivity index (χ0) is 55.8. The van der Waals surface area contributed by atoms with Crippen LogP contribution in [0.1, 0.15) is 63.2 Å². The number of carbonyl (C=O) groups excluding carboxylic acids is 3. The van der Waals surface area contributed by atoms with E-state index in [0.717, 1.165) is 45.7 Å². The molecule has 79 heavy (non-hydrogen) atoms. The lowest BCUT2D eigenvalue weighted by Crippen LogP contribution is -2.39. The summed E-state index contributed by atoms with van der Waals surface area (Å²) >= 11 is 0. The molecule has 0 saturated carbocycles. The molecular formula is C57H66N6O13S3. The van der Waals surface area contributed by atoms with Gasteiger partial charge in [0.1, 0.15) is 13.2 Å². The summed E-state index contributed by atoms with van der Waals surface area (Å²) in [7, 11) is 2.90. The van der Waals surface area contributed by atoms with Gasteiger partial charge in [-0.25, -0.2) is 0 Å². The second-order valence-electron chi connectivity index (χ2n) is 20.0. The van der Waals surface area contributed by atoms with E-state index < -0.39 is 26.0 Å². The van der Waals surface area contributed by atoms with Crippen molar-refractivity contribution in [2.24, 2.45) is 10.7 Å². The minimum Gasteiger partial charge on any atom is -0.493 e. The van der Waals surface area contributed by atoms with Crippen molar-refractivity contribution in [2.45, 2.75) is 68.4 Å². The molecule has 5 aromatic rings. The standard InChI is InChI=1S/C57H66N6O13S3/c1-57(2,78-77-21-14-53(54(58)64)79(67,68)69)35-61(15-16-73-19-20-74-18-17-70-3)40-23-36(33-75-51-29-45-43(27-49(51)71-4)55(65)62-41(31-59-45)25-38-10-6-8-12-47(38)62)22-37(24-40)34-76-52-30-46-44(28-50(52)72-5)56(66)63-42(32-60-46)26-39-11-7-9-13-48(39)63/h6-13,22-24,27-31,41-42,53,60H,14-21,25-26,32-35H2,1-5H3,(H2,58,64)(H,67,68,69)/t41-,42-,53?/m0/s1. The number of nitrogens with zero attached hydrogens (tertiary/aromatic N) is 4. The lowest BCUT2D eigenvalue weighted by Gasteiger charge is -2.34. The summed E-state index contributed by atoms with van der Waals surface area (Å²) in [4.78, 5) is 51.0. The van der Waals surface area contributed by atoms with Crippen LogP contribution in [0.4, 0.5) is 28.4 Å². The highest BCUT2D eigenvalue weighted by molar-refractivity contribution is 8.77. The number of carbonyl (C=O) groups is 3. The van der Waals surface area contributed by atoms with E-state index in [4.69, 9.17) is 43.9 Å². The van der Waals surface area contributed by atoms with E-state index in [-0.39, 0.29) is 49.3 Å². The van der Waals surface area contributed by atoms with Gasteiger partial charge in [-0.1, -0.05) is 58.0 Å². The molecule has 0 spiro atoms. The zero-order valence-corrected chi connectivity index (χ0v) is 47.3. The Bertz CT molecular complexity index is 3200. The highest BCUT2D eigenvalue weighted by Gasteiger charge is 2.39. The number of nitrogens with one attached hydrogen (secondary N) is 1. The maximum atomic E-state index is 14.3. The van der Waals surface area contributed by atoms with Gasteiger partial charge in [-0.15, -0.1) is 0 Å². The predicted molar refractivity (Wildman–Crippen MR) is 308 cm³/mol. The van der Waals surface area contributed by atoms with Crippen LogP contribution in [0.15, 0.2) is 96.0 Å². The first kappa shape index (κ1) is 57.2. The van der Waals surface area contributed by atoms with Gasteiger partial charge in [0.25, 0.3) is 21.9 Å². The van der Waals surface area contributed by atoms with Crippen LogP contribution in [0.25, 0.3) is 0 Å². The first-order valence-electron chi connectivity index (χ1n) is 25.9. The lowest BCUT2D eigenvalue weighted by atomic mass is 10.1. The van der Waals surface area contributed by atoms with Crippen molar-refractivity contribution in [1.29, 1.82) is 0 Å². The Morgan fingerprint density at radius 1 is 0.797 bits per heavy atom. The van der Waals surface area contributed by atoms with Crippen LogP contribution in [0.2, 0.25) is 0 Å². The van der Waals surface area contributed by atoms with Crippen molar-refractivity contribution in [3.63, 3.8) is 0 Å². The third-order valence-corrected chi connectivity index (χ3v) is 18.5. The Morgan fingerprint density at radius 2 is 1.41 bits per heavy atom. The fourth-order valence-electron chi connectivity index (χ4n) is 10.2. The molecule has 1 unspecified atom stereocenters. The molecule has 0 aliphatic carbocycles. The van der Waals surface area contributed by atoms with Crippen LogP contribution in [0.3, 0.4) is 0 Å². The number of methoxy groups -OCH3 is 3. The number of hydrogen-bond acceptors (Lipinski definition) is 17. The first-order chi connectivity index (χ1) is 38.0. The molecule has 22 heteroatoms. The third-order valence-electron chi connectivity index (χ3n) is 14.0. The summed E-state index contributed by atoms with van der Waals surface area (Å²) in [6, 6.07) is 28.6. The van der Waals surface area contributed by atoms with Crippen LogP contribution < -0.4 is 44.7 Å². The molecule has 0 fully saturated rings. The summed E-state index contributed by atoms with van der Waals surface area (Å²) in [5, 5.41) is 1.81. The normalized spacial score (nSPS) is 16.6. The van der Waals surface area contributed by atoms with Crippen molar-refractivity contribution < 1.29 is 60.5 Å². The first-order valence-corrected chi connectivity index (χ1v) is 29.8. The van der Waals surface area contributed by atoms with Gasteiger partial charge in [0, 0.05) is 79.1 Å². The average Bonchev–Trinajstić information content (AvgIpc) is 4.15. The summed E-state index contributed by atoms with van der Waals surface area (Å²) in [5.74, 6) is 0.381. The maximum Gasteiger partial charge on any atom is 0.276 e. The fraction of sp³-hybridized carbons (Fsp3) is 0.404. The van der Waals surface area contributed by atoms with Gasteiger partial charge in [-0.3, -0.25) is 28.8 Å². The predicted octanol–water partition coefficient (Wildman–Crippen LogP) is 7.92. The Hall–Kier alpha value is -6.53. The minimum atomic E-state index is -4.67. The van der Waals surface area contributed by atoms with Gasteiger partial charge in [0.2, 0.25) is 5.91 Å². The number of amides is 3. The summed E-state index contributed by atoms with van der Waals surface area (Å²) in [6.45, 7) is 7.69. The van der Waals surface area contributed by atoms with Crippen LogP contribution in [0, 0.1) is 0 Å². The molecule has 4 heterocycles. The number of hydrogen-bond donors (Lipinski definition) is 3. The van der Waals surface area contributed by atoms with E-state index in [1.165, 1.54) is 28.7 Å². The number of fused-ring (bicyclic) bond motifs is 8. The number of aliphatic imine (C=N–C) groups is 1. The third kappa shape index (κ3) is 13.4. The monoisotopic (exact) mass is 1140 g/mol. The molecule has 3 amide bonds. The maximum absolute atomic E-state index is 14.3. The molecule has 9 rings (SSSR count). The van der Waals surface area contributed by atoms with Gasteiger partial charge in [0.05, 0.1) is 81.8 Å². The van der Waals surface area contributed by atoms with E-state index in [1.807, 2.05) is 77.8 Å². The van der Waals surface area contributed by atoms with E-state index in [2.05, 4.69) is 30.1 Å². The zero-order valence-electron chi connectivity index (χ0n) is 44.8. The summed E-state index contributed by atoms with van der Waals surface area (Å²) < 4.78 is 74.8. The number of anilines is 4. The summed E-state index contributed by atoms with van der Waals surface area (Å²) in [6.07, 6.45) is 3.05. The fourth-order valence-corrected chi connectivity index (χ4v) is 13.7. The molecule has 4 aliphatic heterocycles. The Morgan fingerprint density at radius 3 is 2.06 bits per heavy atom. The number of rotatable bonds is 27. The van der Waals surface area contributed by atoms with Crippen molar-refractivity contribution in [3.8, 4) is 23.0 Å². The average molecular weight is 1140 g/mol. The van der Waals surface area contributed by atoms with Crippen molar-refractivity contribution in [3.05, 3.63) is 124 Å². The minimum absolute atomic E-state index is 0.0586. The number of para-hydroxylation sites is 2. The van der Waals surface area contributed by atoms with E-state index in [1.54, 1.807) is 37.3 Å². The van der Waals surface area contributed by atoms with Gasteiger partial charge in [-0.05, 0) is 91.4 Å².